The number of nitrogens with zero attached hydrogens (tertiary/aromatic N) is 1. The Hall–Kier alpha value is -1.49. The predicted molar refractivity (Wildman–Crippen MR) is 68.0 cm³/mol. The molecule has 0 saturated carbocycles. The first kappa shape index (κ1) is 13.9. The van der Waals surface area contributed by atoms with Gasteiger partial charge in [0.2, 0.25) is 0 Å². The summed E-state index contributed by atoms with van der Waals surface area (Å²) in [5, 5.41) is 10.0. The van der Waals surface area contributed by atoms with E-state index in [-0.39, 0.29) is 5.52 Å². The van der Waals surface area contributed by atoms with Crippen LogP contribution in [0, 0.1) is 0 Å². The molecule has 0 aliphatic heterocycles. The summed E-state index contributed by atoms with van der Waals surface area (Å²) in [6.45, 7) is 3.89. The summed E-state index contributed by atoms with van der Waals surface area (Å²) in [5.74, 6) is 0. The van der Waals surface area contributed by atoms with Gasteiger partial charge >= 0.3 is 6.18 Å². The molecule has 2 rings (SSSR count). The van der Waals surface area contributed by atoms with Crippen LogP contribution in [0.1, 0.15) is 25.0 Å². The number of fused-ring (bicyclic) bond motifs is 1. The highest BCUT2D eigenvalue weighted by Gasteiger charge is 2.34. The second-order valence-electron chi connectivity index (χ2n) is 4.69. The zero-order valence-electron chi connectivity index (χ0n) is 10.8. The maximum absolute atomic E-state index is 13.0. The fourth-order valence-electron chi connectivity index (χ4n) is 2.39. The molecular weight excluding hydrogens is 255 g/mol. The zero-order chi connectivity index (χ0) is 14.2. The van der Waals surface area contributed by atoms with Crippen LogP contribution in [0.15, 0.2) is 24.4 Å². The molecule has 0 saturated heterocycles. The van der Waals surface area contributed by atoms with Gasteiger partial charge < -0.3 is 9.67 Å². The second-order valence-corrected chi connectivity index (χ2v) is 4.69. The van der Waals surface area contributed by atoms with Gasteiger partial charge in [-0.05, 0) is 25.5 Å². The van der Waals surface area contributed by atoms with Gasteiger partial charge in [-0.15, -0.1) is 0 Å². The van der Waals surface area contributed by atoms with Gasteiger partial charge in [0, 0.05) is 24.5 Å². The quantitative estimate of drug-likeness (QED) is 0.906. The Morgan fingerprint density at radius 1 is 1.32 bits per heavy atom. The Labute approximate surface area is 109 Å². The molecule has 0 fully saturated rings. The minimum Gasteiger partial charge on any atom is -0.393 e. The molecule has 0 aliphatic carbocycles. The number of aromatic nitrogens is 1. The number of aryl methyl sites for hydroxylation is 1. The van der Waals surface area contributed by atoms with Crippen molar-refractivity contribution < 1.29 is 18.3 Å². The van der Waals surface area contributed by atoms with Gasteiger partial charge in [0.25, 0.3) is 0 Å². The van der Waals surface area contributed by atoms with Gasteiger partial charge in [-0.2, -0.15) is 13.2 Å². The SMILES string of the molecule is CCn1cc(CC(C)O)c2cccc(C(F)(F)F)c21. The van der Waals surface area contributed by atoms with Crippen LogP contribution in [0.4, 0.5) is 13.2 Å². The summed E-state index contributed by atoms with van der Waals surface area (Å²) in [6, 6.07) is 4.19. The molecule has 0 radical (unpaired) electrons. The molecule has 0 spiro atoms. The molecular formula is C14H16F3NO. The summed E-state index contributed by atoms with van der Waals surface area (Å²) in [7, 11) is 0. The Morgan fingerprint density at radius 3 is 2.53 bits per heavy atom. The number of rotatable bonds is 3. The summed E-state index contributed by atoms with van der Waals surface area (Å²) >= 11 is 0. The van der Waals surface area contributed by atoms with Crippen molar-refractivity contribution in [1.82, 2.24) is 4.57 Å². The first-order chi connectivity index (χ1) is 8.84. The molecule has 2 nitrogen and oxygen atoms in total. The standard InChI is InChI=1S/C14H16F3NO/c1-3-18-8-10(7-9(2)19)11-5-4-6-12(13(11)18)14(15,16)17/h4-6,8-9,19H,3,7H2,1-2H3. The van der Waals surface area contributed by atoms with Crippen molar-refractivity contribution in [2.45, 2.75) is 39.1 Å². The normalized spacial score (nSPS) is 14.0. The van der Waals surface area contributed by atoms with Gasteiger partial charge in [0.05, 0.1) is 17.2 Å². The first-order valence-corrected chi connectivity index (χ1v) is 6.20. The van der Waals surface area contributed by atoms with Crippen LogP contribution >= 0.6 is 0 Å². The van der Waals surface area contributed by atoms with Crippen molar-refractivity contribution in [3.05, 3.63) is 35.5 Å². The van der Waals surface area contributed by atoms with Crippen molar-refractivity contribution in [3.8, 4) is 0 Å². The molecule has 5 heteroatoms. The fraction of sp³-hybridized carbons (Fsp3) is 0.429. The minimum atomic E-state index is -4.37. The Kier molecular flexibility index (Phi) is 3.58. The summed E-state index contributed by atoms with van der Waals surface area (Å²) in [4.78, 5) is 0. The lowest BCUT2D eigenvalue weighted by atomic mass is 10.0. The number of halogens is 3. The average molecular weight is 271 g/mol. The fourth-order valence-corrected chi connectivity index (χ4v) is 2.39. The molecule has 19 heavy (non-hydrogen) atoms. The first-order valence-electron chi connectivity index (χ1n) is 6.20. The molecule has 1 unspecified atom stereocenters. The highest BCUT2D eigenvalue weighted by atomic mass is 19.4. The second kappa shape index (κ2) is 4.89. The molecule has 1 aromatic heterocycles. The Morgan fingerprint density at radius 2 is 2.00 bits per heavy atom. The highest BCUT2D eigenvalue weighted by molar-refractivity contribution is 5.87. The van der Waals surface area contributed by atoms with E-state index in [0.717, 1.165) is 11.6 Å². The van der Waals surface area contributed by atoms with Crippen molar-refractivity contribution in [1.29, 1.82) is 0 Å². The lowest BCUT2D eigenvalue weighted by molar-refractivity contribution is -0.136. The van der Waals surface area contributed by atoms with Gasteiger partial charge in [0.1, 0.15) is 0 Å². The number of aliphatic hydroxyl groups is 1. The third-order valence-corrected chi connectivity index (χ3v) is 3.14. The van der Waals surface area contributed by atoms with E-state index in [1.165, 1.54) is 6.07 Å². The van der Waals surface area contributed by atoms with Crippen LogP contribution in [-0.4, -0.2) is 15.8 Å². The predicted octanol–water partition coefficient (Wildman–Crippen LogP) is 3.60. The molecule has 1 aromatic carbocycles. The molecule has 0 aliphatic rings. The summed E-state index contributed by atoms with van der Waals surface area (Å²) in [5.41, 5.74) is 0.329. The van der Waals surface area contributed by atoms with E-state index in [1.54, 1.807) is 30.7 Å². The lowest BCUT2D eigenvalue weighted by Gasteiger charge is -2.11. The molecule has 2 aromatic rings. The highest BCUT2D eigenvalue weighted by Crippen LogP contribution is 2.36. The van der Waals surface area contributed by atoms with Gasteiger partial charge in [-0.1, -0.05) is 12.1 Å². The molecule has 1 atom stereocenters. The molecule has 0 bridgehead atoms. The van der Waals surface area contributed by atoms with Crippen LogP contribution in [0.3, 0.4) is 0 Å². The van der Waals surface area contributed by atoms with Gasteiger partial charge in [-0.3, -0.25) is 0 Å². The smallest absolute Gasteiger partial charge is 0.393 e. The van der Waals surface area contributed by atoms with Crippen molar-refractivity contribution in [2.24, 2.45) is 0 Å². The van der Waals surface area contributed by atoms with E-state index in [2.05, 4.69) is 0 Å². The van der Waals surface area contributed by atoms with Crippen LogP contribution < -0.4 is 0 Å². The van der Waals surface area contributed by atoms with E-state index in [9.17, 15) is 18.3 Å². The monoisotopic (exact) mass is 271 g/mol. The number of benzene rings is 1. The van der Waals surface area contributed by atoms with Crippen molar-refractivity contribution in [2.75, 3.05) is 0 Å². The number of alkyl halides is 3. The van der Waals surface area contributed by atoms with Crippen LogP contribution in [0.5, 0.6) is 0 Å². The molecule has 0 amide bonds. The topological polar surface area (TPSA) is 25.2 Å². The third kappa shape index (κ3) is 2.61. The summed E-state index contributed by atoms with van der Waals surface area (Å²) in [6.07, 6.45) is -2.89. The third-order valence-electron chi connectivity index (χ3n) is 3.14. The molecule has 1 N–H and O–H groups in total. The van der Waals surface area contributed by atoms with Crippen LogP contribution in [-0.2, 0) is 19.1 Å². The van der Waals surface area contributed by atoms with Crippen LogP contribution in [0.2, 0.25) is 0 Å². The maximum Gasteiger partial charge on any atom is 0.418 e. The Bertz CT molecular complexity index is 584. The summed E-state index contributed by atoms with van der Waals surface area (Å²) < 4.78 is 40.7. The van der Waals surface area contributed by atoms with E-state index in [4.69, 9.17) is 0 Å². The Balaban J connectivity index is 2.71. The van der Waals surface area contributed by atoms with Crippen molar-refractivity contribution >= 4 is 10.9 Å². The average Bonchev–Trinajstić information content (AvgIpc) is 2.65. The van der Waals surface area contributed by atoms with E-state index >= 15 is 0 Å². The van der Waals surface area contributed by atoms with E-state index in [1.807, 2.05) is 0 Å². The maximum atomic E-state index is 13.0. The van der Waals surface area contributed by atoms with Gasteiger partial charge in [0.15, 0.2) is 0 Å². The van der Waals surface area contributed by atoms with Crippen LogP contribution in [0.25, 0.3) is 10.9 Å². The zero-order valence-corrected chi connectivity index (χ0v) is 10.8. The van der Waals surface area contributed by atoms with Gasteiger partial charge in [-0.25, -0.2) is 0 Å². The van der Waals surface area contributed by atoms with E-state index < -0.39 is 17.8 Å². The molecule has 1 heterocycles. The number of hydrogen-bond donors (Lipinski definition) is 1. The van der Waals surface area contributed by atoms with E-state index in [0.29, 0.717) is 18.4 Å². The minimum absolute atomic E-state index is 0.202. The largest absolute Gasteiger partial charge is 0.418 e. The number of aliphatic hydroxyl groups excluding tert-OH is 1. The number of para-hydroxylation sites is 1. The lowest BCUT2D eigenvalue weighted by Crippen LogP contribution is -2.08. The van der Waals surface area contributed by atoms with Crippen molar-refractivity contribution in [3.63, 3.8) is 0 Å². The number of hydrogen-bond acceptors (Lipinski definition) is 1. The molecule has 104 valence electrons.